The third kappa shape index (κ3) is 3.62. The molecule has 0 bridgehead atoms. The Morgan fingerprint density at radius 1 is 1.62 bits per heavy atom. The maximum atomic E-state index is 11.3. The number of aryl methyl sites for hydroxylation is 1. The number of hydrogen-bond acceptors (Lipinski definition) is 6. The minimum atomic E-state index is -0.269. The Labute approximate surface area is 94.4 Å². The van der Waals surface area contributed by atoms with Gasteiger partial charge in [-0.3, -0.25) is 4.79 Å². The smallest absolute Gasteiger partial charge is 0.322 e. The van der Waals surface area contributed by atoms with E-state index in [4.69, 9.17) is 4.52 Å². The lowest BCUT2D eigenvalue weighted by molar-refractivity contribution is -0.143. The molecule has 0 saturated carbocycles. The average Bonchev–Trinajstić information content (AvgIpc) is 2.69. The summed E-state index contributed by atoms with van der Waals surface area (Å²) in [5.74, 6) is 0.948. The fourth-order valence-corrected chi connectivity index (χ4v) is 1.33. The summed E-state index contributed by atoms with van der Waals surface area (Å²) >= 11 is 0. The summed E-state index contributed by atoms with van der Waals surface area (Å²) in [5.41, 5.74) is 0. The Bertz CT molecular complexity index is 338. The summed E-state index contributed by atoms with van der Waals surface area (Å²) in [6, 6.07) is -0.269. The van der Waals surface area contributed by atoms with Crippen LogP contribution >= 0.6 is 0 Å². The molecule has 0 aliphatic rings. The molecule has 1 aromatic heterocycles. The van der Waals surface area contributed by atoms with Gasteiger partial charge >= 0.3 is 5.97 Å². The Morgan fingerprint density at radius 3 is 2.88 bits per heavy atom. The molecule has 0 aliphatic heterocycles. The van der Waals surface area contributed by atoms with Crippen LogP contribution in [0.4, 0.5) is 0 Å². The van der Waals surface area contributed by atoms with Crippen molar-refractivity contribution in [2.24, 2.45) is 0 Å². The first-order chi connectivity index (χ1) is 7.67. The van der Waals surface area contributed by atoms with Gasteiger partial charge in [0, 0.05) is 13.0 Å². The van der Waals surface area contributed by atoms with E-state index in [0.29, 0.717) is 31.1 Å². The second-order valence-electron chi connectivity index (χ2n) is 3.42. The number of rotatable bonds is 6. The topological polar surface area (TPSA) is 77.3 Å². The molecular formula is C10H17N3O3. The highest BCUT2D eigenvalue weighted by molar-refractivity contribution is 5.75. The molecule has 0 radical (unpaired) electrons. The SMILES string of the molecule is CCC(NCCc1nc(C)no1)C(=O)OC. The normalized spacial score (nSPS) is 12.4. The Balaban J connectivity index is 2.31. The molecule has 1 heterocycles. The van der Waals surface area contributed by atoms with E-state index in [0.717, 1.165) is 0 Å². The van der Waals surface area contributed by atoms with Crippen LogP contribution in [0.25, 0.3) is 0 Å². The van der Waals surface area contributed by atoms with Crippen molar-refractivity contribution in [1.82, 2.24) is 15.5 Å². The van der Waals surface area contributed by atoms with E-state index in [2.05, 4.69) is 20.2 Å². The molecule has 0 fully saturated rings. The van der Waals surface area contributed by atoms with Crippen LogP contribution in [0.15, 0.2) is 4.52 Å². The summed E-state index contributed by atoms with van der Waals surface area (Å²) < 4.78 is 9.61. The van der Waals surface area contributed by atoms with Crippen LogP contribution in [0.3, 0.4) is 0 Å². The number of carbonyl (C=O) groups excluding carboxylic acids is 1. The quantitative estimate of drug-likeness (QED) is 0.711. The molecule has 0 amide bonds. The molecule has 1 rings (SSSR count). The molecule has 0 aromatic carbocycles. The van der Waals surface area contributed by atoms with Crippen molar-refractivity contribution in [2.75, 3.05) is 13.7 Å². The standard InChI is InChI=1S/C10H17N3O3/c1-4-8(10(14)15-3)11-6-5-9-12-7(2)13-16-9/h8,11H,4-6H2,1-3H3. The van der Waals surface area contributed by atoms with Gasteiger partial charge in [0.15, 0.2) is 5.82 Å². The van der Waals surface area contributed by atoms with Crippen molar-refractivity contribution >= 4 is 5.97 Å². The zero-order valence-corrected chi connectivity index (χ0v) is 9.82. The van der Waals surface area contributed by atoms with E-state index >= 15 is 0 Å². The van der Waals surface area contributed by atoms with Crippen molar-refractivity contribution in [3.8, 4) is 0 Å². The predicted molar refractivity (Wildman–Crippen MR) is 56.8 cm³/mol. The van der Waals surface area contributed by atoms with E-state index in [1.54, 1.807) is 6.92 Å². The van der Waals surface area contributed by atoms with Gasteiger partial charge in [0.25, 0.3) is 0 Å². The van der Waals surface area contributed by atoms with Gasteiger partial charge in [0.05, 0.1) is 7.11 Å². The minimum absolute atomic E-state index is 0.246. The number of carbonyl (C=O) groups is 1. The highest BCUT2D eigenvalue weighted by Gasteiger charge is 2.15. The third-order valence-electron chi connectivity index (χ3n) is 2.19. The molecule has 16 heavy (non-hydrogen) atoms. The summed E-state index contributed by atoms with van der Waals surface area (Å²) in [5, 5.41) is 6.76. The van der Waals surface area contributed by atoms with Gasteiger partial charge in [0.1, 0.15) is 6.04 Å². The number of methoxy groups -OCH3 is 1. The van der Waals surface area contributed by atoms with Gasteiger partial charge in [0.2, 0.25) is 5.89 Å². The summed E-state index contributed by atoms with van der Waals surface area (Å²) in [6.07, 6.45) is 1.30. The van der Waals surface area contributed by atoms with Gasteiger partial charge < -0.3 is 14.6 Å². The van der Waals surface area contributed by atoms with Crippen molar-refractivity contribution < 1.29 is 14.1 Å². The molecule has 1 N–H and O–H groups in total. The van der Waals surface area contributed by atoms with E-state index in [1.165, 1.54) is 7.11 Å². The summed E-state index contributed by atoms with van der Waals surface area (Å²) in [7, 11) is 1.38. The lowest BCUT2D eigenvalue weighted by atomic mass is 10.2. The van der Waals surface area contributed by atoms with Crippen molar-refractivity contribution in [3.63, 3.8) is 0 Å². The van der Waals surface area contributed by atoms with E-state index in [-0.39, 0.29) is 12.0 Å². The van der Waals surface area contributed by atoms with Crippen LogP contribution < -0.4 is 5.32 Å². The number of hydrogen-bond donors (Lipinski definition) is 1. The van der Waals surface area contributed by atoms with E-state index in [1.807, 2.05) is 6.92 Å². The number of aromatic nitrogens is 2. The molecule has 0 spiro atoms. The van der Waals surface area contributed by atoms with E-state index < -0.39 is 0 Å². The highest BCUT2D eigenvalue weighted by atomic mass is 16.5. The Kier molecular flexibility index (Phi) is 4.91. The highest BCUT2D eigenvalue weighted by Crippen LogP contribution is 1.98. The number of ether oxygens (including phenoxy) is 1. The predicted octanol–water partition coefficient (Wildman–Crippen LogP) is 0.462. The first kappa shape index (κ1) is 12.6. The maximum absolute atomic E-state index is 11.3. The molecule has 1 unspecified atom stereocenters. The first-order valence-electron chi connectivity index (χ1n) is 5.27. The zero-order valence-electron chi connectivity index (χ0n) is 9.82. The van der Waals surface area contributed by atoms with Crippen molar-refractivity contribution in [3.05, 3.63) is 11.7 Å². The van der Waals surface area contributed by atoms with Gasteiger partial charge in [-0.25, -0.2) is 0 Å². The second kappa shape index (κ2) is 6.22. The third-order valence-corrected chi connectivity index (χ3v) is 2.19. The van der Waals surface area contributed by atoms with E-state index in [9.17, 15) is 4.79 Å². The number of esters is 1. The molecule has 1 atom stereocenters. The van der Waals surface area contributed by atoms with Crippen molar-refractivity contribution in [2.45, 2.75) is 32.7 Å². The number of nitrogens with one attached hydrogen (secondary N) is 1. The fourth-order valence-electron chi connectivity index (χ4n) is 1.33. The second-order valence-corrected chi connectivity index (χ2v) is 3.42. The molecule has 6 nitrogen and oxygen atoms in total. The molecule has 6 heteroatoms. The molecule has 1 aromatic rings. The van der Waals surface area contributed by atoms with Gasteiger partial charge in [-0.1, -0.05) is 12.1 Å². The van der Waals surface area contributed by atoms with Crippen LogP contribution in [-0.2, 0) is 16.0 Å². The summed E-state index contributed by atoms with van der Waals surface area (Å²) in [4.78, 5) is 15.3. The van der Waals surface area contributed by atoms with Crippen LogP contribution in [-0.4, -0.2) is 35.8 Å². The van der Waals surface area contributed by atoms with Crippen LogP contribution in [0, 0.1) is 6.92 Å². The summed E-state index contributed by atoms with van der Waals surface area (Å²) in [6.45, 7) is 4.30. The fraction of sp³-hybridized carbons (Fsp3) is 0.700. The maximum Gasteiger partial charge on any atom is 0.322 e. The Morgan fingerprint density at radius 2 is 2.38 bits per heavy atom. The lowest BCUT2D eigenvalue weighted by Crippen LogP contribution is -2.38. The van der Waals surface area contributed by atoms with Crippen LogP contribution in [0.1, 0.15) is 25.1 Å². The van der Waals surface area contributed by atoms with Crippen LogP contribution in [0.2, 0.25) is 0 Å². The van der Waals surface area contributed by atoms with Crippen molar-refractivity contribution in [1.29, 1.82) is 0 Å². The van der Waals surface area contributed by atoms with Gasteiger partial charge in [-0.15, -0.1) is 0 Å². The molecule has 0 aliphatic carbocycles. The zero-order chi connectivity index (χ0) is 12.0. The monoisotopic (exact) mass is 227 g/mol. The molecule has 0 saturated heterocycles. The molecule has 90 valence electrons. The largest absolute Gasteiger partial charge is 0.468 e. The first-order valence-corrected chi connectivity index (χ1v) is 5.27. The van der Waals surface area contributed by atoms with Gasteiger partial charge in [-0.2, -0.15) is 4.98 Å². The van der Waals surface area contributed by atoms with Gasteiger partial charge in [-0.05, 0) is 13.3 Å². The number of nitrogens with zero attached hydrogens (tertiary/aromatic N) is 2. The average molecular weight is 227 g/mol. The minimum Gasteiger partial charge on any atom is -0.468 e. The Hall–Kier alpha value is -1.43. The van der Waals surface area contributed by atoms with Crippen LogP contribution in [0.5, 0.6) is 0 Å². The lowest BCUT2D eigenvalue weighted by Gasteiger charge is -2.13. The molecular weight excluding hydrogens is 210 g/mol.